The number of unbranched alkanes of at least 4 members (excludes halogenated alkanes) is 4. The molecule has 97 heavy (non-hydrogen) atoms. The molecule has 23 nitrogen and oxygen atoms in total. The standard InChI is InChI=1S/C74H88N6O17/c1-45(2)56(36-54(82)41-75-66(84)25-22-53(81)13-9-7-10-30-77-67(85)26-27-68(77)86)69(87)76-46(3)61(83)33-47-14-16-48(17-15-47)43-97-73(91)80-59-39-65(63(94-6)38-58(59)71(89)79-44-74(28-29-74)40-60(79)72(80)90)96-32-12-8-11-31-95-64-35-50-18-21-52-34-51(49-19-23-55(92-4)24-20-49)42-78(52)70(88)57(50)37-62(64)93-5/h14-17,19-20,23-24,26-27,35,37-39,42,45-46,52,56,60,72,90H,7-13,18,21-22,25,28-34,36,40-41,43-44H2,1-6H3,(H,75,84)(H,76,87)/t46-,52+,56-,60-,72?/m0/s1. The first-order chi connectivity index (χ1) is 46.7. The molecule has 5 aliphatic heterocycles. The highest BCUT2D eigenvalue weighted by Crippen LogP contribution is 2.57. The molecule has 4 aromatic carbocycles. The third-order valence-corrected chi connectivity index (χ3v) is 19.4. The van der Waals surface area contributed by atoms with Gasteiger partial charge in [0, 0.05) is 87.1 Å². The minimum Gasteiger partial charge on any atom is -0.497 e. The molecule has 10 rings (SSSR count). The van der Waals surface area contributed by atoms with E-state index in [1.54, 1.807) is 82.4 Å². The molecule has 7 amide bonds. The van der Waals surface area contributed by atoms with Gasteiger partial charge in [0.1, 0.15) is 18.1 Å². The van der Waals surface area contributed by atoms with Crippen molar-refractivity contribution in [1.82, 2.24) is 25.3 Å². The number of amides is 7. The number of carbonyl (C=O) groups excluding carboxylic acids is 10. The quantitative estimate of drug-likeness (QED) is 0.0297. The number of Topliss-reactive ketones (excluding diaryl/α,β-unsaturated/α-hetero) is 3. The molecule has 4 aromatic rings. The highest BCUT2D eigenvalue weighted by Gasteiger charge is 2.58. The Morgan fingerprint density at radius 1 is 0.701 bits per heavy atom. The number of fused-ring (bicyclic) bond motifs is 4. The van der Waals surface area contributed by atoms with Crippen LogP contribution < -0.4 is 39.2 Å². The summed E-state index contributed by atoms with van der Waals surface area (Å²) in [6.07, 6.45) is 10.3. The first kappa shape index (κ1) is 70.4. The van der Waals surface area contributed by atoms with E-state index in [1.807, 2.05) is 41.4 Å². The van der Waals surface area contributed by atoms with Crippen LogP contribution in [-0.4, -0.2) is 157 Å². The number of benzene rings is 4. The van der Waals surface area contributed by atoms with Gasteiger partial charge in [-0.15, -0.1) is 0 Å². The van der Waals surface area contributed by atoms with Crippen LogP contribution in [0, 0.1) is 17.3 Å². The van der Waals surface area contributed by atoms with Crippen molar-refractivity contribution < 1.29 is 81.5 Å². The van der Waals surface area contributed by atoms with Crippen molar-refractivity contribution in [1.29, 1.82) is 0 Å². The lowest BCUT2D eigenvalue weighted by molar-refractivity contribution is -0.137. The van der Waals surface area contributed by atoms with E-state index < -0.39 is 42.1 Å². The molecule has 23 heteroatoms. The lowest BCUT2D eigenvalue weighted by Crippen LogP contribution is -2.50. The van der Waals surface area contributed by atoms with Gasteiger partial charge in [0.05, 0.1) is 64.4 Å². The minimum atomic E-state index is -1.45. The number of anilines is 1. The number of nitrogens with zero attached hydrogens (tertiary/aromatic N) is 4. The first-order valence-corrected chi connectivity index (χ1v) is 33.7. The summed E-state index contributed by atoms with van der Waals surface area (Å²) in [4.78, 5) is 137. The summed E-state index contributed by atoms with van der Waals surface area (Å²) in [6, 6.07) is 19.9. The summed E-state index contributed by atoms with van der Waals surface area (Å²) in [6.45, 7) is 5.94. The molecule has 5 atom stereocenters. The fourth-order valence-electron chi connectivity index (χ4n) is 13.4. The molecular weight excluding hydrogens is 1240 g/mol. The molecule has 5 heterocycles. The topological polar surface area (TPSA) is 283 Å². The van der Waals surface area contributed by atoms with E-state index in [2.05, 4.69) is 10.6 Å². The van der Waals surface area contributed by atoms with E-state index in [1.165, 1.54) is 19.3 Å². The summed E-state index contributed by atoms with van der Waals surface area (Å²) in [5.74, 6) is -1.58. The number of carbonyl (C=O) groups is 10. The Morgan fingerprint density at radius 2 is 1.36 bits per heavy atom. The van der Waals surface area contributed by atoms with Crippen LogP contribution in [0.4, 0.5) is 10.5 Å². The van der Waals surface area contributed by atoms with Crippen LogP contribution in [0.15, 0.2) is 91.1 Å². The van der Waals surface area contributed by atoms with Gasteiger partial charge in [-0.05, 0) is 147 Å². The predicted octanol–water partition coefficient (Wildman–Crippen LogP) is 8.81. The molecule has 0 bridgehead atoms. The molecule has 1 unspecified atom stereocenters. The van der Waals surface area contributed by atoms with Crippen molar-refractivity contribution in [3.8, 4) is 28.7 Å². The maximum atomic E-state index is 14.5. The molecule has 0 radical (unpaired) electrons. The second-order valence-corrected chi connectivity index (χ2v) is 26.5. The number of aryl methyl sites for hydroxylation is 1. The van der Waals surface area contributed by atoms with Gasteiger partial charge in [0.2, 0.25) is 11.8 Å². The minimum absolute atomic E-state index is 0.00435. The van der Waals surface area contributed by atoms with Crippen LogP contribution >= 0.6 is 0 Å². The highest BCUT2D eigenvalue weighted by molar-refractivity contribution is 6.13. The zero-order valence-electron chi connectivity index (χ0n) is 56.2. The Balaban J connectivity index is 0.680. The molecule has 1 spiro atoms. The van der Waals surface area contributed by atoms with Gasteiger partial charge in [0.15, 0.2) is 40.8 Å². The number of imide groups is 1. The number of ether oxygens (including phenoxy) is 6. The lowest BCUT2D eigenvalue weighted by atomic mass is 9.89. The number of hydrogen-bond donors (Lipinski definition) is 3. The van der Waals surface area contributed by atoms with E-state index in [-0.39, 0.29) is 140 Å². The molecular formula is C74H88N6O17. The number of methoxy groups -OCH3 is 3. The van der Waals surface area contributed by atoms with Crippen LogP contribution in [0.25, 0.3) is 5.57 Å². The molecule has 1 saturated carbocycles. The van der Waals surface area contributed by atoms with Gasteiger partial charge < -0.3 is 54.0 Å². The number of aliphatic hydroxyl groups is 1. The van der Waals surface area contributed by atoms with Crippen molar-refractivity contribution >= 4 is 70.1 Å². The molecule has 1 saturated heterocycles. The van der Waals surface area contributed by atoms with Crippen LogP contribution in [0.5, 0.6) is 28.7 Å². The number of hydrogen-bond acceptors (Lipinski definition) is 17. The number of rotatable bonds is 33. The SMILES string of the molecule is COc1ccc(C2=CN3C(=O)c4cc(OC)c(OCCCCCOc5cc6c(cc5OC)C(=O)N5CC7(CC7)C[C@H]5C(O)N6C(=O)OCc5ccc(CC(=O)[C@H](C)NC(=O)[C@@H](CC(=O)CNC(=O)CCC(=O)CCCCCN6C(=O)C=CC6=O)C(C)C)cc5)cc4CC[C@@H]3C2)cc1. The smallest absolute Gasteiger partial charge is 0.416 e. The average Bonchev–Trinajstić information content (AvgIpc) is 1.56. The Labute approximate surface area is 565 Å². The molecule has 1 aliphatic carbocycles. The Hall–Kier alpha value is -9.38. The summed E-state index contributed by atoms with van der Waals surface area (Å²) < 4.78 is 35.3. The Morgan fingerprint density at radius 3 is 2.02 bits per heavy atom. The van der Waals surface area contributed by atoms with E-state index in [9.17, 15) is 53.1 Å². The summed E-state index contributed by atoms with van der Waals surface area (Å²) in [5, 5.41) is 17.5. The van der Waals surface area contributed by atoms with Gasteiger partial charge in [-0.3, -0.25) is 48.1 Å². The number of nitrogens with one attached hydrogen (secondary N) is 2. The van der Waals surface area contributed by atoms with Crippen LogP contribution in [0.1, 0.15) is 160 Å². The van der Waals surface area contributed by atoms with Gasteiger partial charge in [-0.1, -0.05) is 56.7 Å². The maximum absolute atomic E-state index is 14.5. The van der Waals surface area contributed by atoms with E-state index in [4.69, 9.17) is 28.4 Å². The first-order valence-electron chi connectivity index (χ1n) is 33.7. The second kappa shape index (κ2) is 31.7. The lowest BCUT2D eigenvalue weighted by Gasteiger charge is -2.31. The summed E-state index contributed by atoms with van der Waals surface area (Å²) in [7, 11) is 4.67. The summed E-state index contributed by atoms with van der Waals surface area (Å²) >= 11 is 0. The van der Waals surface area contributed by atoms with Crippen LogP contribution in [-0.2, 0) is 57.7 Å². The third-order valence-electron chi connectivity index (χ3n) is 19.4. The van der Waals surface area contributed by atoms with Gasteiger partial charge in [-0.2, -0.15) is 0 Å². The van der Waals surface area contributed by atoms with Crippen molar-refractivity contribution in [2.75, 3.05) is 59.1 Å². The van der Waals surface area contributed by atoms with Crippen molar-refractivity contribution in [3.63, 3.8) is 0 Å². The van der Waals surface area contributed by atoms with E-state index >= 15 is 0 Å². The fourth-order valence-corrected chi connectivity index (χ4v) is 13.4. The third kappa shape index (κ3) is 17.1. The summed E-state index contributed by atoms with van der Waals surface area (Å²) in [5.41, 5.74) is 5.02. The molecule has 2 fully saturated rings. The van der Waals surface area contributed by atoms with Crippen molar-refractivity contribution in [2.45, 2.75) is 161 Å². The van der Waals surface area contributed by atoms with Crippen LogP contribution in [0.3, 0.4) is 0 Å². The van der Waals surface area contributed by atoms with Crippen molar-refractivity contribution in [3.05, 3.63) is 125 Å². The molecule has 6 aliphatic rings. The Bertz CT molecular complexity index is 3690. The normalized spacial score (nSPS) is 18.7. The molecule has 516 valence electrons. The van der Waals surface area contributed by atoms with Gasteiger partial charge in [-0.25, -0.2) is 9.69 Å². The monoisotopic (exact) mass is 1330 g/mol. The van der Waals surface area contributed by atoms with Gasteiger partial charge in [0.25, 0.3) is 23.6 Å². The number of aliphatic hydroxyl groups excluding tert-OH is 1. The maximum Gasteiger partial charge on any atom is 0.416 e. The van der Waals surface area contributed by atoms with Gasteiger partial charge >= 0.3 is 6.09 Å². The average molecular weight is 1330 g/mol. The van der Waals surface area contributed by atoms with Crippen molar-refractivity contribution in [2.24, 2.45) is 17.3 Å². The molecule has 3 N–H and O–H groups in total. The second-order valence-electron chi connectivity index (χ2n) is 26.5. The van der Waals surface area contributed by atoms with E-state index in [0.29, 0.717) is 92.7 Å². The van der Waals surface area contributed by atoms with E-state index in [0.717, 1.165) is 57.9 Å². The predicted molar refractivity (Wildman–Crippen MR) is 357 cm³/mol. The zero-order valence-corrected chi connectivity index (χ0v) is 56.2. The highest BCUT2D eigenvalue weighted by atomic mass is 16.6. The number of ketones is 3. The molecule has 0 aromatic heterocycles. The zero-order chi connectivity index (χ0) is 69.1. The van der Waals surface area contributed by atoms with Crippen LogP contribution in [0.2, 0.25) is 0 Å². The fraction of sp³-hybridized carbons (Fsp3) is 0.486. The Kier molecular flexibility index (Phi) is 23.0. The largest absolute Gasteiger partial charge is 0.497 e.